The Balaban J connectivity index is 3.30. The molecule has 0 aromatic heterocycles. The largest absolute Gasteiger partial charge is 0.497 e. The van der Waals surface area contributed by atoms with E-state index in [1.54, 1.807) is 19.1 Å². The van der Waals surface area contributed by atoms with Crippen molar-refractivity contribution in [3.8, 4) is 5.75 Å². The normalized spacial score (nSPS) is 10.0. The van der Waals surface area contributed by atoms with Gasteiger partial charge in [-0.05, 0) is 32.4 Å². The number of benzene rings is 1. The molecule has 1 rings (SSSR count). The van der Waals surface area contributed by atoms with E-state index in [4.69, 9.17) is 4.74 Å². The number of methoxy groups -OCH3 is 1. The summed E-state index contributed by atoms with van der Waals surface area (Å²) < 4.78 is 5.10. The standard InChI is InChI=1S/C16H19NO5/c1-10-5-6-13(22-4)9-14(10)17(15(20)7-11(2)18)16(21)8-12(3)19/h5-6,9H,7-8H2,1-4H3. The van der Waals surface area contributed by atoms with Gasteiger partial charge in [-0.15, -0.1) is 0 Å². The highest BCUT2D eigenvalue weighted by molar-refractivity contribution is 6.22. The Labute approximate surface area is 129 Å². The minimum absolute atomic E-state index is 0.317. The van der Waals surface area contributed by atoms with Crippen LogP contribution in [0.15, 0.2) is 18.2 Å². The highest BCUT2D eigenvalue weighted by Crippen LogP contribution is 2.27. The van der Waals surface area contributed by atoms with Crippen molar-refractivity contribution < 1.29 is 23.9 Å². The average Bonchev–Trinajstić information content (AvgIpc) is 2.39. The first-order valence-electron chi connectivity index (χ1n) is 6.75. The number of ether oxygens (including phenoxy) is 1. The number of aryl methyl sites for hydroxylation is 1. The zero-order valence-electron chi connectivity index (χ0n) is 13.1. The topological polar surface area (TPSA) is 80.8 Å². The monoisotopic (exact) mass is 305 g/mol. The van der Waals surface area contributed by atoms with Crippen LogP contribution in [-0.2, 0) is 19.2 Å². The Bertz CT molecular complexity index is 593. The lowest BCUT2D eigenvalue weighted by Gasteiger charge is -2.22. The number of Topliss-reactive ketones (excluding diaryl/α,β-unsaturated/α-hetero) is 2. The predicted octanol–water partition coefficient (Wildman–Crippen LogP) is 1.82. The van der Waals surface area contributed by atoms with Gasteiger partial charge in [0, 0.05) is 6.07 Å². The van der Waals surface area contributed by atoms with Gasteiger partial charge in [0.05, 0.1) is 25.6 Å². The first-order chi connectivity index (χ1) is 10.3. The molecule has 6 heteroatoms. The van der Waals surface area contributed by atoms with Crippen LogP contribution in [0.4, 0.5) is 5.69 Å². The second kappa shape index (κ2) is 7.49. The van der Waals surface area contributed by atoms with Gasteiger partial charge >= 0.3 is 0 Å². The summed E-state index contributed by atoms with van der Waals surface area (Å²) in [6.45, 7) is 4.26. The summed E-state index contributed by atoms with van der Waals surface area (Å²) in [6, 6.07) is 4.93. The van der Waals surface area contributed by atoms with E-state index in [0.29, 0.717) is 17.0 Å². The Morgan fingerprint density at radius 2 is 1.50 bits per heavy atom. The summed E-state index contributed by atoms with van der Waals surface area (Å²) in [4.78, 5) is 47.8. The fourth-order valence-electron chi connectivity index (χ4n) is 1.95. The van der Waals surface area contributed by atoms with Gasteiger partial charge in [0.1, 0.15) is 17.3 Å². The summed E-state index contributed by atoms with van der Waals surface area (Å²) in [5.41, 5.74) is 0.978. The average molecular weight is 305 g/mol. The van der Waals surface area contributed by atoms with Crippen LogP contribution in [-0.4, -0.2) is 30.5 Å². The number of carbonyl (C=O) groups is 4. The van der Waals surface area contributed by atoms with E-state index in [9.17, 15) is 19.2 Å². The number of imide groups is 1. The molecule has 2 amide bonds. The van der Waals surface area contributed by atoms with Crippen LogP contribution in [0, 0.1) is 6.92 Å². The number of rotatable bonds is 6. The number of ketones is 2. The maximum atomic E-state index is 12.3. The van der Waals surface area contributed by atoms with Crippen molar-refractivity contribution in [2.45, 2.75) is 33.6 Å². The fraction of sp³-hybridized carbons (Fsp3) is 0.375. The van der Waals surface area contributed by atoms with Crippen molar-refractivity contribution in [2.24, 2.45) is 0 Å². The van der Waals surface area contributed by atoms with Crippen molar-refractivity contribution >= 4 is 29.1 Å². The molecule has 0 fully saturated rings. The first kappa shape index (κ1) is 17.6. The molecular weight excluding hydrogens is 286 g/mol. The van der Waals surface area contributed by atoms with Gasteiger partial charge in [0.25, 0.3) is 0 Å². The molecule has 0 radical (unpaired) electrons. The van der Waals surface area contributed by atoms with E-state index in [-0.39, 0.29) is 11.6 Å². The number of anilines is 1. The highest BCUT2D eigenvalue weighted by atomic mass is 16.5. The number of hydrogen-bond acceptors (Lipinski definition) is 5. The molecule has 0 saturated carbocycles. The summed E-state index contributed by atoms with van der Waals surface area (Å²) in [5, 5.41) is 0. The lowest BCUT2D eigenvalue weighted by atomic mass is 10.1. The smallest absolute Gasteiger partial charge is 0.241 e. The third kappa shape index (κ3) is 4.51. The van der Waals surface area contributed by atoms with E-state index in [2.05, 4.69) is 0 Å². The molecule has 0 unspecified atom stereocenters. The van der Waals surface area contributed by atoms with Crippen LogP contribution < -0.4 is 9.64 Å². The zero-order valence-corrected chi connectivity index (χ0v) is 13.1. The number of nitrogens with zero attached hydrogens (tertiary/aromatic N) is 1. The highest BCUT2D eigenvalue weighted by Gasteiger charge is 2.26. The molecule has 0 spiro atoms. The Morgan fingerprint density at radius 3 is 1.91 bits per heavy atom. The third-order valence-electron chi connectivity index (χ3n) is 2.96. The van der Waals surface area contributed by atoms with Gasteiger partial charge in [-0.3, -0.25) is 19.2 Å². The summed E-state index contributed by atoms with van der Waals surface area (Å²) >= 11 is 0. The Morgan fingerprint density at radius 1 is 1.00 bits per heavy atom. The van der Waals surface area contributed by atoms with E-state index in [1.807, 2.05) is 0 Å². The van der Waals surface area contributed by atoms with Gasteiger partial charge in [-0.2, -0.15) is 0 Å². The molecule has 6 nitrogen and oxygen atoms in total. The lowest BCUT2D eigenvalue weighted by molar-refractivity contribution is -0.130. The SMILES string of the molecule is COc1ccc(C)c(N(C(=O)CC(C)=O)C(=O)CC(C)=O)c1. The molecule has 0 bridgehead atoms. The second-order valence-electron chi connectivity index (χ2n) is 5.03. The molecule has 22 heavy (non-hydrogen) atoms. The van der Waals surface area contributed by atoms with Crippen LogP contribution in [0.5, 0.6) is 5.75 Å². The predicted molar refractivity (Wildman–Crippen MR) is 80.8 cm³/mol. The van der Waals surface area contributed by atoms with Crippen LogP contribution in [0.2, 0.25) is 0 Å². The molecule has 0 aliphatic heterocycles. The molecule has 0 N–H and O–H groups in total. The van der Waals surface area contributed by atoms with E-state index >= 15 is 0 Å². The summed E-state index contributed by atoms with van der Waals surface area (Å²) in [7, 11) is 1.47. The van der Waals surface area contributed by atoms with Crippen molar-refractivity contribution in [1.29, 1.82) is 0 Å². The molecule has 0 saturated heterocycles. The van der Waals surface area contributed by atoms with Crippen molar-refractivity contribution in [2.75, 3.05) is 12.0 Å². The fourth-order valence-corrected chi connectivity index (χ4v) is 1.95. The van der Waals surface area contributed by atoms with Crippen LogP contribution >= 0.6 is 0 Å². The lowest BCUT2D eigenvalue weighted by Crippen LogP contribution is -2.39. The molecular formula is C16H19NO5. The maximum Gasteiger partial charge on any atom is 0.241 e. The molecule has 0 aliphatic carbocycles. The Hall–Kier alpha value is -2.50. The first-order valence-corrected chi connectivity index (χ1v) is 6.75. The van der Waals surface area contributed by atoms with Crippen LogP contribution in [0.3, 0.4) is 0 Å². The molecule has 118 valence electrons. The van der Waals surface area contributed by atoms with Crippen LogP contribution in [0.1, 0.15) is 32.3 Å². The van der Waals surface area contributed by atoms with E-state index < -0.39 is 24.7 Å². The second-order valence-corrected chi connectivity index (χ2v) is 5.03. The van der Waals surface area contributed by atoms with Crippen molar-refractivity contribution in [3.05, 3.63) is 23.8 Å². The van der Waals surface area contributed by atoms with Gasteiger partial charge in [-0.1, -0.05) is 6.07 Å². The Kier molecular flexibility index (Phi) is 5.98. The number of carbonyl (C=O) groups excluding carboxylic acids is 4. The number of amides is 2. The van der Waals surface area contributed by atoms with E-state index in [1.165, 1.54) is 27.0 Å². The summed E-state index contributed by atoms with van der Waals surface area (Å²) in [5.74, 6) is -1.56. The van der Waals surface area contributed by atoms with Crippen molar-refractivity contribution in [1.82, 2.24) is 0 Å². The van der Waals surface area contributed by atoms with Gasteiger partial charge in [0.2, 0.25) is 11.8 Å². The quantitative estimate of drug-likeness (QED) is 0.749. The maximum absolute atomic E-state index is 12.3. The van der Waals surface area contributed by atoms with Crippen LogP contribution in [0.25, 0.3) is 0 Å². The van der Waals surface area contributed by atoms with Crippen molar-refractivity contribution in [3.63, 3.8) is 0 Å². The third-order valence-corrected chi connectivity index (χ3v) is 2.96. The van der Waals surface area contributed by atoms with Gasteiger partial charge in [0.15, 0.2) is 0 Å². The molecule has 0 atom stereocenters. The molecule has 0 heterocycles. The molecule has 1 aromatic rings. The minimum Gasteiger partial charge on any atom is -0.497 e. The minimum atomic E-state index is -0.657. The zero-order chi connectivity index (χ0) is 16.9. The molecule has 0 aliphatic rings. The summed E-state index contributed by atoms with van der Waals surface area (Å²) in [6.07, 6.45) is -0.805. The number of hydrogen-bond donors (Lipinski definition) is 0. The van der Waals surface area contributed by atoms with E-state index in [0.717, 1.165) is 4.90 Å². The van der Waals surface area contributed by atoms with Gasteiger partial charge < -0.3 is 4.74 Å². The van der Waals surface area contributed by atoms with Gasteiger partial charge in [-0.25, -0.2) is 4.90 Å². The molecule has 1 aromatic carbocycles.